The van der Waals surface area contributed by atoms with Crippen molar-refractivity contribution < 1.29 is 28.9 Å². The lowest BCUT2D eigenvalue weighted by Gasteiger charge is -2.38. The fraction of sp³-hybridized carbons (Fsp3) is 0.517. The number of carbonyl (C=O) groups excluding carboxylic acids is 2. The Bertz CT molecular complexity index is 1160. The van der Waals surface area contributed by atoms with Crippen LogP contribution in [-0.4, -0.2) is 66.5 Å². The summed E-state index contributed by atoms with van der Waals surface area (Å²) in [5, 5.41) is 13.1. The zero-order chi connectivity index (χ0) is 25.4. The molecule has 2 aromatic carbocycles. The molecule has 8 heteroatoms. The summed E-state index contributed by atoms with van der Waals surface area (Å²) in [6, 6.07) is 14.0. The number of nitrogens with one attached hydrogen (secondary N) is 1. The van der Waals surface area contributed by atoms with Crippen molar-refractivity contribution in [2.45, 2.75) is 62.9 Å². The van der Waals surface area contributed by atoms with E-state index >= 15 is 0 Å². The number of aliphatic hydroxyl groups is 1. The van der Waals surface area contributed by atoms with E-state index in [1.165, 1.54) is 11.1 Å². The van der Waals surface area contributed by atoms with Crippen LogP contribution in [0.3, 0.4) is 0 Å². The van der Waals surface area contributed by atoms with E-state index in [1.807, 2.05) is 35.2 Å². The highest BCUT2D eigenvalue weighted by atomic mass is 16.6. The second kappa shape index (κ2) is 10.4. The fourth-order valence-electron chi connectivity index (χ4n) is 6.20. The molecule has 196 valence electrons. The highest BCUT2D eigenvalue weighted by Crippen LogP contribution is 2.47. The number of benzene rings is 2. The van der Waals surface area contributed by atoms with Gasteiger partial charge in [0.2, 0.25) is 11.8 Å². The van der Waals surface area contributed by atoms with Gasteiger partial charge in [-0.2, -0.15) is 0 Å². The van der Waals surface area contributed by atoms with Crippen molar-refractivity contribution in [3.63, 3.8) is 0 Å². The minimum atomic E-state index is -0.508. The molecular weight excluding hydrogens is 472 g/mol. The highest BCUT2D eigenvalue weighted by Gasteiger charge is 2.46. The summed E-state index contributed by atoms with van der Waals surface area (Å²) in [6.45, 7) is 2.39. The molecule has 0 spiro atoms. The highest BCUT2D eigenvalue weighted by molar-refractivity contribution is 5.92. The second-order valence-corrected chi connectivity index (χ2v) is 10.6. The average Bonchev–Trinajstić information content (AvgIpc) is 3.30. The Morgan fingerprint density at radius 2 is 1.89 bits per heavy atom. The Labute approximate surface area is 216 Å². The number of ether oxygens (including phenoxy) is 3. The van der Waals surface area contributed by atoms with Gasteiger partial charge in [0.25, 0.3) is 0 Å². The third-order valence-electron chi connectivity index (χ3n) is 8.24. The zero-order valence-corrected chi connectivity index (χ0v) is 20.9. The van der Waals surface area contributed by atoms with Crippen molar-refractivity contribution in [3.05, 3.63) is 59.2 Å². The lowest BCUT2D eigenvalue weighted by atomic mass is 9.84. The van der Waals surface area contributed by atoms with E-state index in [0.29, 0.717) is 32.7 Å². The van der Waals surface area contributed by atoms with Gasteiger partial charge in [-0.25, -0.2) is 0 Å². The van der Waals surface area contributed by atoms with Gasteiger partial charge in [0.1, 0.15) is 18.0 Å². The van der Waals surface area contributed by atoms with Gasteiger partial charge in [0, 0.05) is 49.4 Å². The van der Waals surface area contributed by atoms with Gasteiger partial charge in [-0.1, -0.05) is 24.3 Å². The molecule has 6 rings (SSSR count). The Kier molecular flexibility index (Phi) is 6.88. The summed E-state index contributed by atoms with van der Waals surface area (Å²) in [5.74, 6) is 0.795. The molecule has 0 bridgehead atoms. The van der Waals surface area contributed by atoms with Gasteiger partial charge in [0.15, 0.2) is 0 Å². The van der Waals surface area contributed by atoms with Crippen LogP contribution in [0.15, 0.2) is 42.5 Å². The van der Waals surface area contributed by atoms with Crippen LogP contribution < -0.4 is 10.1 Å². The molecule has 4 atom stereocenters. The van der Waals surface area contributed by atoms with E-state index in [-0.39, 0.29) is 48.9 Å². The maximum absolute atomic E-state index is 13.2. The molecule has 2 aromatic rings. The van der Waals surface area contributed by atoms with E-state index < -0.39 is 6.10 Å². The first-order valence-corrected chi connectivity index (χ1v) is 13.4. The molecule has 4 aliphatic heterocycles. The molecular formula is C29H34N2O6. The lowest BCUT2D eigenvalue weighted by Crippen LogP contribution is -2.48. The van der Waals surface area contributed by atoms with E-state index in [9.17, 15) is 14.7 Å². The van der Waals surface area contributed by atoms with E-state index in [4.69, 9.17) is 14.2 Å². The number of rotatable bonds is 5. The second-order valence-electron chi connectivity index (χ2n) is 10.6. The van der Waals surface area contributed by atoms with Gasteiger partial charge in [-0.3, -0.25) is 9.59 Å². The number of amides is 2. The normalized spacial score (nSPS) is 27.0. The van der Waals surface area contributed by atoms with Crippen molar-refractivity contribution in [1.82, 2.24) is 4.90 Å². The molecule has 2 fully saturated rings. The van der Waals surface area contributed by atoms with Crippen molar-refractivity contribution >= 4 is 17.5 Å². The molecule has 0 radical (unpaired) electrons. The fourth-order valence-corrected chi connectivity index (χ4v) is 6.20. The zero-order valence-electron chi connectivity index (χ0n) is 20.9. The molecule has 0 unspecified atom stereocenters. The van der Waals surface area contributed by atoms with Crippen LogP contribution in [-0.2, 0) is 32.0 Å². The smallest absolute Gasteiger partial charge is 0.227 e. The third-order valence-corrected chi connectivity index (χ3v) is 8.24. The van der Waals surface area contributed by atoms with Crippen LogP contribution >= 0.6 is 0 Å². The monoisotopic (exact) mass is 506 g/mol. The van der Waals surface area contributed by atoms with Crippen LogP contribution in [0.4, 0.5) is 5.69 Å². The van der Waals surface area contributed by atoms with E-state index in [2.05, 4.69) is 17.4 Å². The average molecular weight is 507 g/mol. The number of fused-ring (bicyclic) bond motifs is 4. The van der Waals surface area contributed by atoms with Crippen molar-refractivity contribution in [1.29, 1.82) is 0 Å². The molecule has 2 amide bonds. The summed E-state index contributed by atoms with van der Waals surface area (Å²) in [7, 11) is 0. The first-order chi connectivity index (χ1) is 18.1. The van der Waals surface area contributed by atoms with Gasteiger partial charge in [-0.15, -0.1) is 0 Å². The Balaban J connectivity index is 1.14. The van der Waals surface area contributed by atoms with E-state index in [1.54, 1.807) is 0 Å². The lowest BCUT2D eigenvalue weighted by molar-refractivity contribution is -0.149. The first-order valence-electron chi connectivity index (χ1n) is 13.4. The van der Waals surface area contributed by atoms with Crippen LogP contribution in [0.25, 0.3) is 0 Å². The number of hydrogen-bond donors (Lipinski definition) is 2. The Morgan fingerprint density at radius 1 is 1.08 bits per heavy atom. The number of hydrogen-bond acceptors (Lipinski definition) is 6. The maximum atomic E-state index is 13.2. The summed E-state index contributed by atoms with van der Waals surface area (Å²) in [5.41, 5.74) is 4.25. The quantitative estimate of drug-likeness (QED) is 0.647. The molecule has 2 saturated heterocycles. The summed E-state index contributed by atoms with van der Waals surface area (Å²) >= 11 is 0. The van der Waals surface area contributed by atoms with Gasteiger partial charge >= 0.3 is 0 Å². The molecule has 0 saturated carbocycles. The summed E-state index contributed by atoms with van der Waals surface area (Å²) in [6.07, 6.45) is 2.11. The number of nitrogens with zero attached hydrogens (tertiary/aromatic N) is 1. The standard InChI is InChI=1S/C29H34N2O6/c32-17-26-28-24(14-22(36-26)15-27(33)31-10-7-18-3-1-2-4-20(18)16-31)23-13-21(5-6-25(23)37-28)30-29(34)19-8-11-35-12-9-19/h1-6,13,19,22,24,26,28,32H,7-12,14-17H2,(H,30,34)/t22-,24-,26-,28+/m0/s1. The summed E-state index contributed by atoms with van der Waals surface area (Å²) < 4.78 is 17.7. The van der Waals surface area contributed by atoms with Crippen molar-refractivity contribution in [2.24, 2.45) is 5.92 Å². The van der Waals surface area contributed by atoms with Crippen LogP contribution in [0.2, 0.25) is 0 Å². The number of carbonyl (C=O) groups is 2. The number of aliphatic hydroxyl groups excluding tert-OH is 1. The maximum Gasteiger partial charge on any atom is 0.227 e. The van der Waals surface area contributed by atoms with Crippen LogP contribution in [0.5, 0.6) is 5.75 Å². The predicted molar refractivity (Wildman–Crippen MR) is 136 cm³/mol. The van der Waals surface area contributed by atoms with E-state index in [0.717, 1.165) is 36.3 Å². The minimum absolute atomic E-state index is 0.0132. The van der Waals surface area contributed by atoms with Gasteiger partial charge in [0.05, 0.1) is 19.1 Å². The first kappa shape index (κ1) is 24.4. The van der Waals surface area contributed by atoms with Gasteiger partial charge < -0.3 is 29.5 Å². The Hall–Kier alpha value is -2.94. The minimum Gasteiger partial charge on any atom is -0.487 e. The predicted octanol–water partition coefficient (Wildman–Crippen LogP) is 3.02. The van der Waals surface area contributed by atoms with Crippen LogP contribution in [0, 0.1) is 5.92 Å². The SMILES string of the molecule is O=C(Nc1ccc2c(c1)[C@@H]1C[C@@H](CC(=O)N3CCc4ccccc4C3)O[C@@H](CO)[C@@H]1O2)C1CCOCC1. The van der Waals surface area contributed by atoms with Crippen molar-refractivity contribution in [2.75, 3.05) is 31.7 Å². The summed E-state index contributed by atoms with van der Waals surface area (Å²) in [4.78, 5) is 27.9. The molecule has 8 nitrogen and oxygen atoms in total. The molecule has 0 aliphatic carbocycles. The largest absolute Gasteiger partial charge is 0.487 e. The Morgan fingerprint density at radius 3 is 2.70 bits per heavy atom. The molecule has 4 aliphatic rings. The third kappa shape index (κ3) is 4.98. The topological polar surface area (TPSA) is 97.3 Å². The van der Waals surface area contributed by atoms with Crippen molar-refractivity contribution in [3.8, 4) is 5.75 Å². The molecule has 0 aromatic heterocycles. The molecule has 2 N–H and O–H groups in total. The van der Waals surface area contributed by atoms with Crippen LogP contribution in [0.1, 0.15) is 48.3 Å². The molecule has 37 heavy (non-hydrogen) atoms. The number of anilines is 1. The molecule has 4 heterocycles. The van der Waals surface area contributed by atoms with Gasteiger partial charge in [-0.05, 0) is 55.0 Å².